The van der Waals surface area contributed by atoms with Gasteiger partial charge in [0.15, 0.2) is 0 Å². The molecule has 2 rings (SSSR count). The van der Waals surface area contributed by atoms with Crippen molar-refractivity contribution in [2.45, 2.75) is 0 Å². The predicted molar refractivity (Wildman–Crippen MR) is 57.2 cm³/mol. The largest absolute Gasteiger partial charge is 0.254 e. The third kappa shape index (κ3) is 1.45. The van der Waals surface area contributed by atoms with Gasteiger partial charge in [0, 0.05) is 10.4 Å². The molecule has 5 heteroatoms. The summed E-state index contributed by atoms with van der Waals surface area (Å²) in [6.45, 7) is 0. The molecule has 14 heavy (non-hydrogen) atoms. The van der Waals surface area contributed by atoms with Gasteiger partial charge in [0.1, 0.15) is 5.69 Å². The van der Waals surface area contributed by atoms with E-state index in [0.29, 0.717) is 15.9 Å². The van der Waals surface area contributed by atoms with E-state index in [0.717, 1.165) is 0 Å². The Labute approximate surface area is 89.6 Å². The number of hydrogen-bond acceptors (Lipinski definition) is 3. The van der Waals surface area contributed by atoms with Crippen molar-refractivity contribution in [2.75, 3.05) is 0 Å². The average molecular weight is 227 g/mol. The summed E-state index contributed by atoms with van der Waals surface area (Å²) in [6.07, 6.45) is 1.34. The minimum Gasteiger partial charge on any atom is -0.254 e. The number of benzene rings is 1. The van der Waals surface area contributed by atoms with Crippen molar-refractivity contribution in [1.82, 2.24) is 4.98 Å². The SMILES string of the molecule is O=Nc1cnc2ccc(Cl)cc2c1Cl. The number of nitrogens with zero attached hydrogens (tertiary/aromatic N) is 2. The molecule has 1 aromatic carbocycles. The average Bonchev–Trinajstić information content (AvgIpc) is 2.20. The van der Waals surface area contributed by atoms with Crippen LogP contribution in [-0.2, 0) is 0 Å². The molecule has 0 amide bonds. The Kier molecular flexibility index (Phi) is 2.35. The van der Waals surface area contributed by atoms with Crippen molar-refractivity contribution in [2.24, 2.45) is 5.18 Å². The van der Waals surface area contributed by atoms with Crippen molar-refractivity contribution in [3.63, 3.8) is 0 Å². The summed E-state index contributed by atoms with van der Waals surface area (Å²) in [6, 6.07) is 5.10. The number of hydrogen-bond donors (Lipinski definition) is 0. The lowest BCUT2D eigenvalue weighted by Crippen LogP contribution is -1.80. The van der Waals surface area contributed by atoms with Crippen LogP contribution in [-0.4, -0.2) is 4.98 Å². The number of aromatic nitrogens is 1. The lowest BCUT2D eigenvalue weighted by Gasteiger charge is -2.01. The van der Waals surface area contributed by atoms with Crippen LogP contribution in [0.1, 0.15) is 0 Å². The molecule has 1 aromatic heterocycles. The number of rotatable bonds is 1. The molecule has 0 atom stereocenters. The number of pyridine rings is 1. The van der Waals surface area contributed by atoms with E-state index in [1.165, 1.54) is 6.20 Å². The summed E-state index contributed by atoms with van der Waals surface area (Å²) >= 11 is 11.7. The maximum atomic E-state index is 10.3. The highest BCUT2D eigenvalue weighted by atomic mass is 35.5. The molecule has 70 valence electrons. The van der Waals surface area contributed by atoms with Crippen LogP contribution in [0, 0.1) is 4.91 Å². The van der Waals surface area contributed by atoms with Crippen molar-refractivity contribution >= 4 is 39.8 Å². The molecule has 2 aromatic rings. The highest BCUT2D eigenvalue weighted by Gasteiger charge is 2.07. The van der Waals surface area contributed by atoms with E-state index in [1.807, 2.05) is 0 Å². The summed E-state index contributed by atoms with van der Waals surface area (Å²) in [4.78, 5) is 14.4. The molecule has 1 heterocycles. The van der Waals surface area contributed by atoms with Gasteiger partial charge >= 0.3 is 0 Å². The molecule has 0 radical (unpaired) electrons. The van der Waals surface area contributed by atoms with E-state index in [-0.39, 0.29) is 10.7 Å². The monoisotopic (exact) mass is 226 g/mol. The van der Waals surface area contributed by atoms with Crippen molar-refractivity contribution in [3.05, 3.63) is 39.3 Å². The number of halogens is 2. The predicted octanol–water partition coefficient (Wildman–Crippen LogP) is 3.94. The molecule has 0 spiro atoms. The van der Waals surface area contributed by atoms with Crippen LogP contribution < -0.4 is 0 Å². The minimum atomic E-state index is 0.126. The first-order chi connectivity index (χ1) is 6.72. The van der Waals surface area contributed by atoms with Gasteiger partial charge in [-0.15, -0.1) is 4.91 Å². The van der Waals surface area contributed by atoms with Crippen molar-refractivity contribution in [1.29, 1.82) is 0 Å². The third-order valence-corrected chi connectivity index (χ3v) is 2.48. The zero-order chi connectivity index (χ0) is 10.1. The van der Waals surface area contributed by atoms with Crippen molar-refractivity contribution in [3.8, 4) is 0 Å². The molecule has 0 aliphatic carbocycles. The van der Waals surface area contributed by atoms with Crippen LogP contribution in [0.2, 0.25) is 10.0 Å². The lowest BCUT2D eigenvalue weighted by atomic mass is 10.2. The standard InChI is InChI=1S/C9H4Cl2N2O/c10-5-1-2-7-6(3-5)9(11)8(13-14)4-12-7/h1-4H. The van der Waals surface area contributed by atoms with E-state index in [4.69, 9.17) is 23.2 Å². The van der Waals surface area contributed by atoms with Gasteiger partial charge in [0.05, 0.1) is 16.7 Å². The highest BCUT2D eigenvalue weighted by molar-refractivity contribution is 6.38. The zero-order valence-corrected chi connectivity index (χ0v) is 8.38. The van der Waals surface area contributed by atoms with Crippen LogP contribution in [0.3, 0.4) is 0 Å². The normalized spacial score (nSPS) is 10.4. The van der Waals surface area contributed by atoms with Gasteiger partial charge in [-0.2, -0.15) is 0 Å². The Hall–Kier alpha value is -1.19. The first-order valence-corrected chi connectivity index (χ1v) is 4.55. The van der Waals surface area contributed by atoms with E-state index in [1.54, 1.807) is 18.2 Å². The third-order valence-electron chi connectivity index (χ3n) is 1.84. The molecule has 0 N–H and O–H groups in total. The second kappa shape index (κ2) is 3.52. The molecular weight excluding hydrogens is 223 g/mol. The Balaban J connectivity index is 2.86. The minimum absolute atomic E-state index is 0.126. The summed E-state index contributed by atoms with van der Waals surface area (Å²) in [5.74, 6) is 0. The Bertz CT molecular complexity index is 513. The Morgan fingerprint density at radius 1 is 1.29 bits per heavy atom. The van der Waals surface area contributed by atoms with E-state index in [2.05, 4.69) is 10.2 Å². The fourth-order valence-electron chi connectivity index (χ4n) is 1.19. The summed E-state index contributed by atoms with van der Waals surface area (Å²) in [7, 11) is 0. The van der Waals surface area contributed by atoms with Crippen LogP contribution >= 0.6 is 23.2 Å². The quantitative estimate of drug-likeness (QED) is 0.692. The first-order valence-electron chi connectivity index (χ1n) is 3.79. The van der Waals surface area contributed by atoms with Crippen molar-refractivity contribution < 1.29 is 0 Å². The van der Waals surface area contributed by atoms with E-state index >= 15 is 0 Å². The van der Waals surface area contributed by atoms with Crippen LogP contribution in [0.15, 0.2) is 29.6 Å². The van der Waals surface area contributed by atoms with Gasteiger partial charge < -0.3 is 0 Å². The van der Waals surface area contributed by atoms with Gasteiger partial charge in [-0.25, -0.2) is 0 Å². The topological polar surface area (TPSA) is 42.3 Å². The summed E-state index contributed by atoms with van der Waals surface area (Å²) < 4.78 is 0. The van der Waals surface area contributed by atoms with Gasteiger partial charge in [-0.1, -0.05) is 23.2 Å². The summed E-state index contributed by atoms with van der Waals surface area (Å²) in [5, 5.41) is 4.23. The Morgan fingerprint density at radius 3 is 2.79 bits per heavy atom. The molecule has 3 nitrogen and oxygen atoms in total. The molecule has 0 fully saturated rings. The van der Waals surface area contributed by atoms with E-state index < -0.39 is 0 Å². The zero-order valence-electron chi connectivity index (χ0n) is 6.87. The fraction of sp³-hybridized carbons (Fsp3) is 0. The Morgan fingerprint density at radius 2 is 2.07 bits per heavy atom. The second-order valence-corrected chi connectivity index (χ2v) is 3.52. The fourth-order valence-corrected chi connectivity index (χ4v) is 1.59. The number of nitroso groups, excluding NO2 is 1. The highest BCUT2D eigenvalue weighted by Crippen LogP contribution is 2.32. The number of fused-ring (bicyclic) bond motifs is 1. The van der Waals surface area contributed by atoms with Gasteiger partial charge in [-0.3, -0.25) is 4.98 Å². The second-order valence-electron chi connectivity index (χ2n) is 2.71. The van der Waals surface area contributed by atoms with Gasteiger partial charge in [0.25, 0.3) is 0 Å². The van der Waals surface area contributed by atoms with E-state index in [9.17, 15) is 4.91 Å². The van der Waals surface area contributed by atoms with Crippen LogP contribution in [0.5, 0.6) is 0 Å². The first kappa shape index (κ1) is 9.37. The van der Waals surface area contributed by atoms with Gasteiger partial charge in [-0.05, 0) is 23.4 Å². The molecule has 0 aliphatic heterocycles. The van der Waals surface area contributed by atoms with Crippen LogP contribution in [0.25, 0.3) is 10.9 Å². The molecule has 0 bridgehead atoms. The molecule has 0 saturated heterocycles. The van der Waals surface area contributed by atoms with Gasteiger partial charge in [0.2, 0.25) is 0 Å². The van der Waals surface area contributed by atoms with Crippen LogP contribution in [0.4, 0.5) is 5.69 Å². The lowest BCUT2D eigenvalue weighted by molar-refractivity contribution is 1.37. The molecule has 0 saturated carbocycles. The summed E-state index contributed by atoms with van der Waals surface area (Å²) in [5.41, 5.74) is 0.813. The maximum absolute atomic E-state index is 10.3. The molecule has 0 aliphatic rings. The smallest absolute Gasteiger partial charge is 0.145 e. The maximum Gasteiger partial charge on any atom is 0.145 e. The molecular formula is C9H4Cl2N2O. The molecule has 0 unspecified atom stereocenters.